The smallest absolute Gasteiger partial charge is 0.0786 e. The highest BCUT2D eigenvalue weighted by atomic mass is 14.7. The number of aryl methyl sites for hydroxylation is 1. The van der Waals surface area contributed by atoms with Gasteiger partial charge in [-0.3, -0.25) is 15.0 Å². The van der Waals surface area contributed by atoms with Crippen LogP contribution in [0.25, 0.3) is 88.3 Å². The molecular weight excluding hydrogens is 763 g/mol. The number of fused-ring (bicyclic) bond motifs is 3. The largest absolute Gasteiger partial charge is 0.253 e. The van der Waals surface area contributed by atoms with E-state index in [1.54, 1.807) is 0 Å². The molecule has 3 aromatic heterocycles. The van der Waals surface area contributed by atoms with E-state index in [1.165, 1.54) is 44.3 Å². The van der Waals surface area contributed by atoms with Gasteiger partial charge in [-0.25, -0.2) is 0 Å². The molecule has 0 fully saturated rings. The van der Waals surface area contributed by atoms with Crippen LogP contribution < -0.4 is 0 Å². The van der Waals surface area contributed by atoms with E-state index in [9.17, 15) is 0 Å². The molecule has 0 saturated heterocycles. The number of aromatic nitrogens is 3. The van der Waals surface area contributed by atoms with E-state index in [1.807, 2.05) is 0 Å². The predicted molar refractivity (Wildman–Crippen MR) is 263 cm³/mol. The Balaban J connectivity index is 1.03. The van der Waals surface area contributed by atoms with Crippen molar-refractivity contribution in [2.45, 2.75) is 19.8 Å². The molecule has 0 atom stereocenters. The van der Waals surface area contributed by atoms with Gasteiger partial charge in [0.05, 0.1) is 16.9 Å². The van der Waals surface area contributed by atoms with E-state index in [0.717, 1.165) is 72.2 Å². The second kappa shape index (κ2) is 16.5. The van der Waals surface area contributed by atoms with Gasteiger partial charge in [0.1, 0.15) is 0 Å². The van der Waals surface area contributed by atoms with Crippen molar-refractivity contribution in [1.29, 1.82) is 0 Å². The van der Waals surface area contributed by atoms with Gasteiger partial charge in [0.15, 0.2) is 0 Å². The number of rotatable bonds is 9. The number of hydrogen-bond donors (Lipinski definition) is 0. The summed E-state index contributed by atoms with van der Waals surface area (Å²) in [7, 11) is 0. The van der Waals surface area contributed by atoms with Crippen LogP contribution in [0.4, 0.5) is 0 Å². The summed E-state index contributed by atoms with van der Waals surface area (Å²) < 4.78 is 0. The molecule has 8 aromatic carbocycles. The molecule has 0 spiro atoms. The predicted octanol–water partition coefficient (Wildman–Crippen LogP) is 15.2. The highest BCUT2D eigenvalue weighted by molar-refractivity contribution is 5.99. The van der Waals surface area contributed by atoms with E-state index in [0.29, 0.717) is 12.8 Å². The van der Waals surface area contributed by atoms with Crippen LogP contribution in [0.2, 0.25) is 0 Å². The topological polar surface area (TPSA) is 38.7 Å². The minimum absolute atomic E-state index is 0.656. The van der Waals surface area contributed by atoms with Gasteiger partial charge in [-0.2, -0.15) is 0 Å². The first-order valence-electron chi connectivity index (χ1n) is 21.7. The van der Waals surface area contributed by atoms with Crippen LogP contribution in [0.15, 0.2) is 218 Å². The van der Waals surface area contributed by atoms with Crippen molar-refractivity contribution in [2.24, 2.45) is 0 Å². The maximum absolute atomic E-state index is 5.59. The molecule has 11 rings (SSSR count). The third-order valence-electron chi connectivity index (χ3n) is 12.1. The average molecular weight is 806 g/mol. The van der Waals surface area contributed by atoms with Crippen molar-refractivity contribution in [1.82, 2.24) is 15.0 Å². The standard InChI is InChI=1S/C60H43N3/c1-40-33-55(45-19-9-4-10-20-45)56-35-41(27-32-57(56)61-40)34-52-38-49-23-14-24-50(58(49)60(63-52)51-25-13-22-47(36-51)43-17-7-3-8-18-43)39-53-37-48-21-11-12-26-54(48)59(62-53)46-30-28-44(29-31-46)42-15-5-2-6-16-42/h2-33,35-38H,34,39H2,1H3. The molecular formula is C60H43N3. The van der Waals surface area contributed by atoms with Crippen molar-refractivity contribution in [3.8, 4) is 55.9 Å². The van der Waals surface area contributed by atoms with Crippen molar-refractivity contribution >= 4 is 32.4 Å². The van der Waals surface area contributed by atoms with E-state index in [-0.39, 0.29) is 0 Å². The zero-order valence-electron chi connectivity index (χ0n) is 35.0. The Kier molecular flexibility index (Phi) is 9.91. The normalized spacial score (nSPS) is 11.4. The first kappa shape index (κ1) is 38.0. The van der Waals surface area contributed by atoms with Gasteiger partial charge in [0, 0.05) is 57.2 Å². The van der Waals surface area contributed by atoms with Crippen LogP contribution in [0.3, 0.4) is 0 Å². The molecule has 0 N–H and O–H groups in total. The summed E-state index contributed by atoms with van der Waals surface area (Å²) in [6.07, 6.45) is 1.34. The summed E-state index contributed by atoms with van der Waals surface area (Å²) in [5, 5.41) is 5.79. The van der Waals surface area contributed by atoms with E-state index in [4.69, 9.17) is 15.0 Å². The summed E-state index contributed by atoms with van der Waals surface area (Å²) in [6.45, 7) is 2.07. The quantitative estimate of drug-likeness (QED) is 0.146. The fourth-order valence-corrected chi connectivity index (χ4v) is 9.16. The molecule has 11 aromatic rings. The van der Waals surface area contributed by atoms with Crippen LogP contribution in [-0.4, -0.2) is 15.0 Å². The lowest BCUT2D eigenvalue weighted by molar-refractivity contribution is 1.08. The highest BCUT2D eigenvalue weighted by Gasteiger charge is 2.17. The molecule has 3 nitrogen and oxygen atoms in total. The van der Waals surface area contributed by atoms with Gasteiger partial charge in [0.2, 0.25) is 0 Å². The fourth-order valence-electron chi connectivity index (χ4n) is 9.16. The minimum Gasteiger partial charge on any atom is -0.253 e. The number of pyridine rings is 3. The molecule has 0 aliphatic heterocycles. The maximum Gasteiger partial charge on any atom is 0.0786 e. The highest BCUT2D eigenvalue weighted by Crippen LogP contribution is 2.37. The first-order chi connectivity index (χ1) is 31.1. The van der Waals surface area contributed by atoms with Gasteiger partial charge in [0.25, 0.3) is 0 Å². The summed E-state index contributed by atoms with van der Waals surface area (Å²) in [6, 6.07) is 78.1. The monoisotopic (exact) mass is 805 g/mol. The average Bonchev–Trinajstić information content (AvgIpc) is 3.34. The summed E-state index contributed by atoms with van der Waals surface area (Å²) in [5.74, 6) is 0. The molecule has 0 aliphatic carbocycles. The Morgan fingerprint density at radius 1 is 0.349 bits per heavy atom. The lowest BCUT2D eigenvalue weighted by atomic mass is 9.93. The third kappa shape index (κ3) is 7.66. The number of hydrogen-bond acceptors (Lipinski definition) is 3. The summed E-state index contributed by atoms with van der Waals surface area (Å²) in [5.41, 5.74) is 17.7. The fraction of sp³-hybridized carbons (Fsp3) is 0.0500. The Morgan fingerprint density at radius 3 is 1.70 bits per heavy atom. The lowest BCUT2D eigenvalue weighted by Gasteiger charge is -2.16. The van der Waals surface area contributed by atoms with Gasteiger partial charge >= 0.3 is 0 Å². The van der Waals surface area contributed by atoms with E-state index in [2.05, 4.69) is 225 Å². The van der Waals surface area contributed by atoms with Gasteiger partial charge in [-0.05, 0) is 98.6 Å². The van der Waals surface area contributed by atoms with Crippen molar-refractivity contribution in [3.63, 3.8) is 0 Å². The molecule has 0 bridgehead atoms. The minimum atomic E-state index is 0.656. The zero-order chi connectivity index (χ0) is 42.1. The molecule has 0 saturated carbocycles. The first-order valence-corrected chi connectivity index (χ1v) is 21.7. The zero-order valence-corrected chi connectivity index (χ0v) is 35.0. The maximum atomic E-state index is 5.59. The van der Waals surface area contributed by atoms with Crippen LogP contribution in [0, 0.1) is 6.92 Å². The molecule has 0 unspecified atom stereocenters. The van der Waals surface area contributed by atoms with Gasteiger partial charge in [-0.1, -0.05) is 182 Å². The molecule has 3 heteroatoms. The molecule has 63 heavy (non-hydrogen) atoms. The van der Waals surface area contributed by atoms with Crippen molar-refractivity contribution in [2.75, 3.05) is 0 Å². The molecule has 0 aliphatic rings. The lowest BCUT2D eigenvalue weighted by Crippen LogP contribution is -2.01. The Hall–Kier alpha value is -8.01. The number of benzene rings is 8. The van der Waals surface area contributed by atoms with Gasteiger partial charge < -0.3 is 0 Å². The van der Waals surface area contributed by atoms with Gasteiger partial charge in [-0.15, -0.1) is 0 Å². The van der Waals surface area contributed by atoms with E-state index < -0.39 is 0 Å². The Morgan fingerprint density at radius 2 is 0.921 bits per heavy atom. The summed E-state index contributed by atoms with van der Waals surface area (Å²) >= 11 is 0. The second-order valence-corrected chi connectivity index (χ2v) is 16.4. The van der Waals surface area contributed by atoms with Crippen LogP contribution in [0.5, 0.6) is 0 Å². The molecule has 0 amide bonds. The van der Waals surface area contributed by atoms with Crippen molar-refractivity contribution < 1.29 is 0 Å². The van der Waals surface area contributed by atoms with Crippen LogP contribution in [-0.2, 0) is 12.8 Å². The molecule has 298 valence electrons. The van der Waals surface area contributed by atoms with Crippen LogP contribution in [0.1, 0.15) is 28.2 Å². The Labute approximate surface area is 368 Å². The third-order valence-corrected chi connectivity index (χ3v) is 12.1. The SMILES string of the molecule is Cc1cc(-c2ccccc2)c2cc(Cc3cc4cccc(Cc5cc6ccccc6c(-c6ccc(-c7ccccc7)cc6)n5)c4c(-c4cccc(-c5ccccc5)c4)n3)ccc2n1. The van der Waals surface area contributed by atoms with E-state index >= 15 is 0 Å². The second-order valence-electron chi connectivity index (χ2n) is 16.4. The number of nitrogens with zero attached hydrogens (tertiary/aromatic N) is 3. The van der Waals surface area contributed by atoms with Crippen molar-refractivity contribution in [3.05, 3.63) is 247 Å². The molecule has 0 radical (unpaired) electrons. The summed E-state index contributed by atoms with van der Waals surface area (Å²) in [4.78, 5) is 15.9. The van der Waals surface area contributed by atoms with Crippen LogP contribution >= 0.6 is 0 Å². The molecule has 3 heterocycles. The Bertz CT molecular complexity index is 3430.